The van der Waals surface area contributed by atoms with E-state index >= 15 is 0 Å². The van der Waals surface area contributed by atoms with Crippen LogP contribution in [0, 0.1) is 6.92 Å². The third-order valence-electron chi connectivity index (χ3n) is 3.49. The highest BCUT2D eigenvalue weighted by molar-refractivity contribution is 5.92. The van der Waals surface area contributed by atoms with Gasteiger partial charge in [-0.05, 0) is 43.7 Å². The lowest BCUT2D eigenvalue weighted by Gasteiger charge is -2.12. The number of furan rings is 1. The lowest BCUT2D eigenvalue weighted by Crippen LogP contribution is -2.13. The van der Waals surface area contributed by atoms with Gasteiger partial charge in [0.15, 0.2) is 5.76 Å². The molecule has 0 radical (unpaired) electrons. The number of nitrogens with one attached hydrogen (secondary N) is 1. The van der Waals surface area contributed by atoms with E-state index in [1.807, 2.05) is 32.0 Å². The van der Waals surface area contributed by atoms with Crippen molar-refractivity contribution in [3.8, 4) is 17.3 Å². The van der Waals surface area contributed by atoms with E-state index in [0.717, 1.165) is 5.56 Å². The fraction of sp³-hybridized carbons (Fsp3) is 0.278. The Morgan fingerprint density at radius 1 is 1.32 bits per heavy atom. The Morgan fingerprint density at radius 3 is 2.96 bits per heavy atom. The van der Waals surface area contributed by atoms with Crippen LogP contribution >= 0.6 is 0 Å². The molecule has 25 heavy (non-hydrogen) atoms. The average Bonchev–Trinajstić information content (AvgIpc) is 3.27. The van der Waals surface area contributed by atoms with Crippen LogP contribution in [0.4, 0.5) is 5.69 Å². The van der Waals surface area contributed by atoms with Gasteiger partial charge in [-0.15, -0.1) is 0 Å². The molecular formula is C18H19N3O4. The van der Waals surface area contributed by atoms with Crippen LogP contribution in [0.5, 0.6) is 5.75 Å². The summed E-state index contributed by atoms with van der Waals surface area (Å²) in [6, 6.07) is 9.14. The van der Waals surface area contributed by atoms with Crippen LogP contribution in [-0.4, -0.2) is 22.7 Å². The first kappa shape index (κ1) is 16.8. The van der Waals surface area contributed by atoms with Gasteiger partial charge in [0.1, 0.15) is 5.75 Å². The van der Waals surface area contributed by atoms with Gasteiger partial charge >= 0.3 is 0 Å². The number of anilines is 1. The van der Waals surface area contributed by atoms with Crippen molar-refractivity contribution < 1.29 is 18.5 Å². The third kappa shape index (κ3) is 4.26. The highest BCUT2D eigenvalue weighted by Crippen LogP contribution is 2.26. The molecule has 7 heteroatoms. The molecule has 3 rings (SSSR count). The van der Waals surface area contributed by atoms with Crippen molar-refractivity contribution in [1.29, 1.82) is 0 Å². The Labute approximate surface area is 145 Å². The number of benzene rings is 1. The zero-order valence-electron chi connectivity index (χ0n) is 14.1. The Kier molecular flexibility index (Phi) is 5.13. The van der Waals surface area contributed by atoms with Crippen molar-refractivity contribution in [1.82, 2.24) is 10.1 Å². The number of hydrogen-bond donors (Lipinski definition) is 1. The number of amides is 1. The molecule has 0 fully saturated rings. The lowest BCUT2D eigenvalue weighted by atomic mass is 10.2. The van der Waals surface area contributed by atoms with Gasteiger partial charge in [0, 0.05) is 12.8 Å². The molecular weight excluding hydrogens is 322 g/mol. The molecule has 1 N–H and O–H groups in total. The number of carbonyl (C=O) groups is 1. The summed E-state index contributed by atoms with van der Waals surface area (Å²) < 4.78 is 15.9. The number of hydrogen-bond acceptors (Lipinski definition) is 6. The molecule has 0 aliphatic heterocycles. The van der Waals surface area contributed by atoms with Gasteiger partial charge in [-0.1, -0.05) is 11.2 Å². The number of ether oxygens (including phenoxy) is 1. The third-order valence-corrected chi connectivity index (χ3v) is 3.49. The number of carbonyl (C=O) groups excluding carboxylic acids is 1. The van der Waals surface area contributed by atoms with Gasteiger partial charge in [0.2, 0.25) is 17.6 Å². The minimum absolute atomic E-state index is 0.150. The van der Waals surface area contributed by atoms with E-state index in [2.05, 4.69) is 15.5 Å². The minimum atomic E-state index is -0.150. The molecule has 0 aliphatic rings. The van der Waals surface area contributed by atoms with Crippen LogP contribution < -0.4 is 10.1 Å². The highest BCUT2D eigenvalue weighted by atomic mass is 16.5. The fourth-order valence-corrected chi connectivity index (χ4v) is 2.30. The monoisotopic (exact) mass is 341 g/mol. The second-order valence-electron chi connectivity index (χ2n) is 5.47. The molecule has 0 atom stereocenters. The van der Waals surface area contributed by atoms with Gasteiger partial charge in [0.25, 0.3) is 0 Å². The van der Waals surface area contributed by atoms with Crippen LogP contribution in [0.25, 0.3) is 11.6 Å². The molecule has 2 heterocycles. The first-order valence-electron chi connectivity index (χ1n) is 8.05. The van der Waals surface area contributed by atoms with Crippen molar-refractivity contribution in [3.05, 3.63) is 48.0 Å². The Morgan fingerprint density at radius 2 is 2.20 bits per heavy atom. The van der Waals surface area contributed by atoms with Crippen molar-refractivity contribution >= 4 is 11.6 Å². The first-order chi connectivity index (χ1) is 12.2. The summed E-state index contributed by atoms with van der Waals surface area (Å²) in [5.41, 5.74) is 1.72. The predicted octanol–water partition coefficient (Wildman–Crippen LogP) is 3.61. The Balaban J connectivity index is 1.58. The quantitative estimate of drug-likeness (QED) is 0.706. The summed E-state index contributed by atoms with van der Waals surface area (Å²) >= 11 is 0. The first-order valence-corrected chi connectivity index (χ1v) is 8.05. The summed E-state index contributed by atoms with van der Waals surface area (Å²) in [6.45, 7) is 4.41. The Bertz CT molecular complexity index is 840. The number of nitrogens with zero attached hydrogens (tertiary/aromatic N) is 2. The van der Waals surface area contributed by atoms with E-state index in [9.17, 15) is 4.79 Å². The normalized spacial score (nSPS) is 10.6. The summed E-state index contributed by atoms with van der Waals surface area (Å²) in [6.07, 6.45) is 2.10. The average molecular weight is 341 g/mol. The molecule has 130 valence electrons. The summed E-state index contributed by atoms with van der Waals surface area (Å²) in [4.78, 5) is 16.4. The maximum absolute atomic E-state index is 12.2. The van der Waals surface area contributed by atoms with Crippen LogP contribution in [0.1, 0.15) is 24.8 Å². The minimum Gasteiger partial charge on any atom is -0.492 e. The van der Waals surface area contributed by atoms with Gasteiger partial charge in [-0.3, -0.25) is 4.79 Å². The summed E-state index contributed by atoms with van der Waals surface area (Å²) in [5.74, 6) is 1.80. The van der Waals surface area contributed by atoms with Crippen LogP contribution in [0.2, 0.25) is 0 Å². The molecule has 0 unspecified atom stereocenters. The largest absolute Gasteiger partial charge is 0.492 e. The molecule has 7 nitrogen and oxygen atoms in total. The zero-order valence-corrected chi connectivity index (χ0v) is 14.1. The molecule has 1 aromatic carbocycles. The van der Waals surface area contributed by atoms with E-state index in [1.54, 1.807) is 12.1 Å². The van der Waals surface area contributed by atoms with Gasteiger partial charge in [0.05, 0.1) is 18.6 Å². The molecule has 0 saturated heterocycles. The standard InChI is InChI=1S/C18H19N3O4/c1-3-23-15-11-12(2)6-7-13(15)19-16(22)8-9-17-20-18(21-25-17)14-5-4-10-24-14/h4-7,10-11H,3,8-9H2,1-2H3,(H,19,22). The second-order valence-corrected chi connectivity index (χ2v) is 5.47. The number of aryl methyl sites for hydroxylation is 2. The van der Waals surface area contributed by atoms with E-state index in [1.165, 1.54) is 6.26 Å². The van der Waals surface area contributed by atoms with Crippen molar-refractivity contribution in [3.63, 3.8) is 0 Å². The van der Waals surface area contributed by atoms with E-state index in [0.29, 0.717) is 41.9 Å². The second kappa shape index (κ2) is 7.65. The molecule has 2 aromatic heterocycles. The van der Waals surface area contributed by atoms with E-state index in [4.69, 9.17) is 13.7 Å². The maximum Gasteiger partial charge on any atom is 0.238 e. The molecule has 0 bridgehead atoms. The van der Waals surface area contributed by atoms with Crippen molar-refractivity contribution in [2.45, 2.75) is 26.7 Å². The van der Waals surface area contributed by atoms with Crippen molar-refractivity contribution in [2.24, 2.45) is 0 Å². The summed E-state index contributed by atoms with van der Waals surface area (Å²) in [5, 5.41) is 6.69. The number of aromatic nitrogens is 2. The van der Waals surface area contributed by atoms with Crippen molar-refractivity contribution in [2.75, 3.05) is 11.9 Å². The molecule has 3 aromatic rings. The Hall–Kier alpha value is -3.09. The van der Waals surface area contributed by atoms with Gasteiger partial charge < -0.3 is 19.0 Å². The predicted molar refractivity (Wildman–Crippen MR) is 91.3 cm³/mol. The van der Waals surface area contributed by atoms with Crippen LogP contribution in [0.3, 0.4) is 0 Å². The topological polar surface area (TPSA) is 90.4 Å². The van der Waals surface area contributed by atoms with Crippen LogP contribution in [-0.2, 0) is 11.2 Å². The van der Waals surface area contributed by atoms with E-state index in [-0.39, 0.29) is 12.3 Å². The summed E-state index contributed by atoms with van der Waals surface area (Å²) in [7, 11) is 0. The van der Waals surface area contributed by atoms with E-state index < -0.39 is 0 Å². The highest BCUT2D eigenvalue weighted by Gasteiger charge is 2.13. The molecule has 0 aliphatic carbocycles. The lowest BCUT2D eigenvalue weighted by molar-refractivity contribution is -0.116. The molecule has 0 saturated carbocycles. The molecule has 0 spiro atoms. The smallest absolute Gasteiger partial charge is 0.238 e. The zero-order chi connectivity index (χ0) is 17.6. The number of rotatable bonds is 7. The maximum atomic E-state index is 12.2. The van der Waals surface area contributed by atoms with Gasteiger partial charge in [-0.25, -0.2) is 0 Å². The molecule has 1 amide bonds. The SMILES string of the molecule is CCOc1cc(C)ccc1NC(=O)CCc1nc(-c2ccco2)no1. The van der Waals surface area contributed by atoms with Gasteiger partial charge in [-0.2, -0.15) is 4.98 Å². The van der Waals surface area contributed by atoms with Crippen LogP contribution in [0.15, 0.2) is 45.5 Å². The fourth-order valence-electron chi connectivity index (χ4n) is 2.30.